The zero-order valence-electron chi connectivity index (χ0n) is 14.1. The Morgan fingerprint density at radius 1 is 1.16 bits per heavy atom. The molecule has 0 bridgehead atoms. The van der Waals surface area contributed by atoms with Gasteiger partial charge in [-0.25, -0.2) is 0 Å². The SMILES string of the molecule is Cc1ccccc1-c1noc([C@H](C)NC(=O)COc2ccccc2)n1. The number of nitrogens with zero attached hydrogens (tertiary/aromatic N) is 2. The number of aryl methyl sites for hydroxylation is 1. The fourth-order valence-corrected chi connectivity index (χ4v) is 2.35. The minimum Gasteiger partial charge on any atom is -0.484 e. The summed E-state index contributed by atoms with van der Waals surface area (Å²) in [5.41, 5.74) is 1.96. The van der Waals surface area contributed by atoms with Gasteiger partial charge in [0.1, 0.15) is 11.8 Å². The lowest BCUT2D eigenvalue weighted by Gasteiger charge is -2.10. The van der Waals surface area contributed by atoms with Crippen LogP contribution in [-0.4, -0.2) is 22.7 Å². The lowest BCUT2D eigenvalue weighted by Crippen LogP contribution is -2.31. The summed E-state index contributed by atoms with van der Waals surface area (Å²) in [6.45, 7) is 3.69. The van der Waals surface area contributed by atoms with Crippen LogP contribution in [0.4, 0.5) is 0 Å². The van der Waals surface area contributed by atoms with Crippen molar-refractivity contribution in [1.29, 1.82) is 0 Å². The van der Waals surface area contributed by atoms with Crippen LogP contribution in [-0.2, 0) is 4.79 Å². The lowest BCUT2D eigenvalue weighted by molar-refractivity contribution is -0.123. The van der Waals surface area contributed by atoms with Crippen molar-refractivity contribution in [2.45, 2.75) is 19.9 Å². The third kappa shape index (κ3) is 4.23. The van der Waals surface area contributed by atoms with Crippen molar-refractivity contribution < 1.29 is 14.1 Å². The van der Waals surface area contributed by atoms with Crippen molar-refractivity contribution in [2.75, 3.05) is 6.61 Å². The molecule has 1 aromatic heterocycles. The molecule has 0 unspecified atom stereocenters. The smallest absolute Gasteiger partial charge is 0.258 e. The summed E-state index contributed by atoms with van der Waals surface area (Å²) in [5, 5.41) is 6.79. The van der Waals surface area contributed by atoms with Crippen molar-refractivity contribution in [3.05, 3.63) is 66.1 Å². The van der Waals surface area contributed by atoms with E-state index in [9.17, 15) is 4.79 Å². The first-order valence-corrected chi connectivity index (χ1v) is 8.00. The molecule has 1 atom stereocenters. The topological polar surface area (TPSA) is 77.2 Å². The molecule has 3 rings (SSSR count). The Hall–Kier alpha value is -3.15. The lowest BCUT2D eigenvalue weighted by atomic mass is 10.1. The Morgan fingerprint density at radius 2 is 1.88 bits per heavy atom. The number of carbonyl (C=O) groups excluding carboxylic acids is 1. The highest BCUT2D eigenvalue weighted by molar-refractivity contribution is 5.77. The zero-order chi connectivity index (χ0) is 17.6. The molecule has 0 saturated heterocycles. The molecule has 0 radical (unpaired) electrons. The molecule has 1 heterocycles. The molecule has 6 nitrogen and oxygen atoms in total. The molecule has 1 amide bonds. The van der Waals surface area contributed by atoms with Gasteiger partial charge in [0.25, 0.3) is 5.91 Å². The number of ether oxygens (including phenoxy) is 1. The second-order valence-electron chi connectivity index (χ2n) is 5.66. The summed E-state index contributed by atoms with van der Waals surface area (Å²) in [5.74, 6) is 1.25. The van der Waals surface area contributed by atoms with Gasteiger partial charge in [-0.1, -0.05) is 47.6 Å². The number of carbonyl (C=O) groups is 1. The molecule has 0 spiro atoms. The van der Waals surface area contributed by atoms with E-state index in [1.165, 1.54) is 0 Å². The molecule has 0 aliphatic carbocycles. The van der Waals surface area contributed by atoms with Crippen molar-refractivity contribution in [1.82, 2.24) is 15.5 Å². The Bertz CT molecular complexity index is 846. The molecule has 1 N–H and O–H groups in total. The van der Waals surface area contributed by atoms with Crippen LogP contribution in [0.5, 0.6) is 5.75 Å². The quantitative estimate of drug-likeness (QED) is 0.747. The summed E-state index contributed by atoms with van der Waals surface area (Å²) in [6.07, 6.45) is 0. The van der Waals surface area contributed by atoms with Crippen LogP contribution < -0.4 is 10.1 Å². The second kappa shape index (κ2) is 7.61. The van der Waals surface area contributed by atoms with Crippen molar-refractivity contribution in [2.24, 2.45) is 0 Å². The van der Waals surface area contributed by atoms with Crippen LogP contribution in [0.15, 0.2) is 59.1 Å². The normalized spacial score (nSPS) is 11.8. The van der Waals surface area contributed by atoms with Gasteiger partial charge in [-0.05, 0) is 31.5 Å². The summed E-state index contributed by atoms with van der Waals surface area (Å²) >= 11 is 0. The minimum absolute atomic E-state index is 0.0762. The predicted octanol–water partition coefficient (Wildman–Crippen LogP) is 3.30. The van der Waals surface area contributed by atoms with Crippen molar-refractivity contribution >= 4 is 5.91 Å². The fourth-order valence-electron chi connectivity index (χ4n) is 2.35. The van der Waals surface area contributed by atoms with Crippen LogP contribution in [0, 0.1) is 6.92 Å². The molecule has 0 aliphatic rings. The highest BCUT2D eigenvalue weighted by atomic mass is 16.5. The molecule has 0 fully saturated rings. The number of hydrogen-bond donors (Lipinski definition) is 1. The van der Waals surface area contributed by atoms with Crippen LogP contribution in [0.1, 0.15) is 24.4 Å². The van der Waals surface area contributed by atoms with E-state index < -0.39 is 6.04 Å². The van der Waals surface area contributed by atoms with Crippen LogP contribution in [0.3, 0.4) is 0 Å². The Labute approximate surface area is 145 Å². The molecular formula is C19H19N3O3. The average Bonchev–Trinajstić information content (AvgIpc) is 3.11. The second-order valence-corrected chi connectivity index (χ2v) is 5.66. The number of benzene rings is 2. The fraction of sp³-hybridized carbons (Fsp3) is 0.211. The van der Waals surface area contributed by atoms with Gasteiger partial charge in [0.15, 0.2) is 6.61 Å². The van der Waals surface area contributed by atoms with Gasteiger partial charge in [-0.3, -0.25) is 4.79 Å². The number of hydrogen-bond acceptors (Lipinski definition) is 5. The highest BCUT2D eigenvalue weighted by Crippen LogP contribution is 2.21. The van der Waals surface area contributed by atoms with E-state index in [1.807, 2.05) is 49.4 Å². The standard InChI is InChI=1S/C19H19N3O3/c1-13-8-6-7-11-16(13)18-21-19(25-22-18)14(2)20-17(23)12-24-15-9-4-3-5-10-15/h3-11,14H,12H2,1-2H3,(H,20,23)/t14-/m0/s1. The molecule has 25 heavy (non-hydrogen) atoms. The maximum Gasteiger partial charge on any atom is 0.258 e. The number of nitrogens with one attached hydrogen (secondary N) is 1. The first kappa shape index (κ1) is 16.7. The van der Waals surface area contributed by atoms with E-state index in [0.717, 1.165) is 11.1 Å². The average molecular weight is 337 g/mol. The number of amides is 1. The van der Waals surface area contributed by atoms with Crippen LogP contribution in [0.25, 0.3) is 11.4 Å². The van der Waals surface area contributed by atoms with E-state index in [1.54, 1.807) is 19.1 Å². The molecule has 0 aliphatic heterocycles. The van der Waals surface area contributed by atoms with E-state index in [4.69, 9.17) is 9.26 Å². The Balaban J connectivity index is 1.59. The summed E-state index contributed by atoms with van der Waals surface area (Å²) in [4.78, 5) is 16.4. The summed E-state index contributed by atoms with van der Waals surface area (Å²) in [7, 11) is 0. The molecule has 6 heteroatoms. The van der Waals surface area contributed by atoms with Gasteiger partial charge in [-0.15, -0.1) is 0 Å². The molecular weight excluding hydrogens is 318 g/mol. The van der Waals surface area contributed by atoms with E-state index in [2.05, 4.69) is 15.5 Å². The number of rotatable bonds is 6. The van der Waals surface area contributed by atoms with E-state index in [-0.39, 0.29) is 12.5 Å². The number of aromatic nitrogens is 2. The maximum atomic E-state index is 12.0. The third-order valence-electron chi connectivity index (χ3n) is 3.69. The minimum atomic E-state index is -0.405. The van der Waals surface area contributed by atoms with Crippen molar-refractivity contribution in [3.63, 3.8) is 0 Å². The largest absolute Gasteiger partial charge is 0.484 e. The molecule has 3 aromatic rings. The van der Waals surface area contributed by atoms with Gasteiger partial charge >= 0.3 is 0 Å². The maximum absolute atomic E-state index is 12.0. The zero-order valence-corrected chi connectivity index (χ0v) is 14.1. The van der Waals surface area contributed by atoms with Crippen LogP contribution in [0.2, 0.25) is 0 Å². The van der Waals surface area contributed by atoms with E-state index in [0.29, 0.717) is 17.5 Å². The van der Waals surface area contributed by atoms with Gasteiger partial charge in [0.2, 0.25) is 11.7 Å². The summed E-state index contributed by atoms with van der Waals surface area (Å²) in [6, 6.07) is 16.6. The Kier molecular flexibility index (Phi) is 5.09. The third-order valence-corrected chi connectivity index (χ3v) is 3.69. The van der Waals surface area contributed by atoms with E-state index >= 15 is 0 Å². The highest BCUT2D eigenvalue weighted by Gasteiger charge is 2.18. The van der Waals surface area contributed by atoms with Gasteiger partial charge in [0, 0.05) is 5.56 Å². The van der Waals surface area contributed by atoms with Crippen LogP contribution >= 0.6 is 0 Å². The first-order chi connectivity index (χ1) is 12.1. The molecule has 0 saturated carbocycles. The number of para-hydroxylation sites is 1. The predicted molar refractivity (Wildman–Crippen MR) is 93.0 cm³/mol. The Morgan fingerprint density at radius 3 is 2.64 bits per heavy atom. The summed E-state index contributed by atoms with van der Waals surface area (Å²) < 4.78 is 10.7. The van der Waals surface area contributed by atoms with Gasteiger partial charge in [-0.2, -0.15) is 4.98 Å². The monoisotopic (exact) mass is 337 g/mol. The van der Waals surface area contributed by atoms with Gasteiger partial charge < -0.3 is 14.6 Å². The van der Waals surface area contributed by atoms with Gasteiger partial charge in [0.05, 0.1) is 0 Å². The first-order valence-electron chi connectivity index (χ1n) is 8.00. The molecule has 128 valence electrons. The van der Waals surface area contributed by atoms with Crippen molar-refractivity contribution in [3.8, 4) is 17.1 Å². The molecule has 2 aromatic carbocycles.